The third kappa shape index (κ3) is 3.24. The summed E-state index contributed by atoms with van der Waals surface area (Å²) in [5.74, 6) is 0. The van der Waals surface area contributed by atoms with E-state index in [1.807, 2.05) is 6.92 Å². The first-order chi connectivity index (χ1) is 7.56. The molecule has 0 saturated heterocycles. The fourth-order valence-corrected chi connectivity index (χ4v) is 1.88. The third-order valence-electron chi connectivity index (χ3n) is 3.19. The Morgan fingerprint density at radius 2 is 1.75 bits per heavy atom. The zero-order chi connectivity index (χ0) is 12.1. The highest BCUT2D eigenvalue weighted by atomic mass is 15.1. The zero-order valence-electron chi connectivity index (χ0n) is 10.9. The molecule has 2 heteroatoms. The molecule has 0 heterocycles. The summed E-state index contributed by atoms with van der Waals surface area (Å²) < 4.78 is 0. The van der Waals surface area contributed by atoms with Gasteiger partial charge in [-0.05, 0) is 38.0 Å². The monoisotopic (exact) mass is 220 g/mol. The van der Waals surface area contributed by atoms with Crippen LogP contribution in [0, 0.1) is 0 Å². The van der Waals surface area contributed by atoms with Crippen LogP contribution in [0.15, 0.2) is 24.3 Å². The van der Waals surface area contributed by atoms with Crippen molar-refractivity contribution in [2.75, 3.05) is 11.9 Å². The number of hydrogen-bond donors (Lipinski definition) is 1. The molecule has 0 spiro atoms. The van der Waals surface area contributed by atoms with Crippen molar-refractivity contribution in [1.29, 1.82) is 0 Å². The van der Waals surface area contributed by atoms with Crippen LogP contribution in [0.2, 0.25) is 0 Å². The fourth-order valence-electron chi connectivity index (χ4n) is 1.88. The van der Waals surface area contributed by atoms with Crippen molar-refractivity contribution in [2.24, 2.45) is 5.73 Å². The van der Waals surface area contributed by atoms with Gasteiger partial charge in [-0.2, -0.15) is 0 Å². The van der Waals surface area contributed by atoms with Gasteiger partial charge in [-0.1, -0.05) is 25.5 Å². The van der Waals surface area contributed by atoms with E-state index in [9.17, 15) is 0 Å². The summed E-state index contributed by atoms with van der Waals surface area (Å²) in [6, 6.07) is 9.26. The number of nitrogens with zero attached hydrogens (tertiary/aromatic N) is 1. The van der Waals surface area contributed by atoms with Gasteiger partial charge in [0, 0.05) is 24.8 Å². The number of rotatable bonds is 5. The number of anilines is 1. The van der Waals surface area contributed by atoms with E-state index in [1.54, 1.807) is 0 Å². The second-order valence-electron chi connectivity index (χ2n) is 4.63. The maximum atomic E-state index is 5.83. The summed E-state index contributed by atoms with van der Waals surface area (Å²) in [6.45, 7) is 6.50. The average molecular weight is 220 g/mol. The normalized spacial score (nSPS) is 14.6. The molecule has 0 aliphatic heterocycles. The second kappa shape index (κ2) is 5.90. The molecule has 0 saturated carbocycles. The SMILES string of the molecule is CCCC(C)N(C)c1ccc(C(C)N)cc1. The van der Waals surface area contributed by atoms with Gasteiger partial charge < -0.3 is 10.6 Å². The standard InChI is InChI=1S/C14H24N2/c1-5-6-11(2)16(4)14-9-7-13(8-10-14)12(3)15/h7-12H,5-6,15H2,1-4H3. The highest BCUT2D eigenvalue weighted by molar-refractivity contribution is 5.48. The van der Waals surface area contributed by atoms with Gasteiger partial charge in [0.15, 0.2) is 0 Å². The lowest BCUT2D eigenvalue weighted by molar-refractivity contribution is 0.616. The van der Waals surface area contributed by atoms with E-state index < -0.39 is 0 Å². The van der Waals surface area contributed by atoms with Crippen molar-refractivity contribution in [3.05, 3.63) is 29.8 Å². The van der Waals surface area contributed by atoms with Crippen molar-refractivity contribution in [1.82, 2.24) is 0 Å². The molecule has 1 aromatic carbocycles. The smallest absolute Gasteiger partial charge is 0.0366 e. The van der Waals surface area contributed by atoms with Gasteiger partial charge in [-0.3, -0.25) is 0 Å². The summed E-state index contributed by atoms with van der Waals surface area (Å²) in [4.78, 5) is 2.33. The summed E-state index contributed by atoms with van der Waals surface area (Å²) in [6.07, 6.45) is 2.45. The van der Waals surface area contributed by atoms with Crippen molar-refractivity contribution in [2.45, 2.75) is 45.7 Å². The molecule has 1 rings (SSSR count). The molecular formula is C14H24N2. The summed E-state index contributed by atoms with van der Waals surface area (Å²) in [5, 5.41) is 0. The van der Waals surface area contributed by atoms with E-state index in [0.29, 0.717) is 6.04 Å². The predicted molar refractivity (Wildman–Crippen MR) is 71.8 cm³/mol. The molecule has 16 heavy (non-hydrogen) atoms. The van der Waals surface area contributed by atoms with Gasteiger partial charge >= 0.3 is 0 Å². The van der Waals surface area contributed by atoms with E-state index in [-0.39, 0.29) is 6.04 Å². The molecule has 0 amide bonds. The zero-order valence-corrected chi connectivity index (χ0v) is 10.9. The molecule has 0 radical (unpaired) electrons. The number of hydrogen-bond acceptors (Lipinski definition) is 2. The van der Waals surface area contributed by atoms with Crippen molar-refractivity contribution < 1.29 is 0 Å². The highest BCUT2D eigenvalue weighted by Crippen LogP contribution is 2.20. The van der Waals surface area contributed by atoms with Gasteiger partial charge in [-0.15, -0.1) is 0 Å². The van der Waals surface area contributed by atoms with Gasteiger partial charge in [0.25, 0.3) is 0 Å². The second-order valence-corrected chi connectivity index (χ2v) is 4.63. The number of nitrogens with two attached hydrogens (primary N) is 1. The molecule has 0 fully saturated rings. The molecule has 90 valence electrons. The predicted octanol–water partition coefficient (Wildman–Crippen LogP) is 3.33. The Labute approximate surface area is 99.5 Å². The fraction of sp³-hybridized carbons (Fsp3) is 0.571. The van der Waals surface area contributed by atoms with E-state index in [0.717, 1.165) is 0 Å². The van der Waals surface area contributed by atoms with Crippen LogP contribution in [0.25, 0.3) is 0 Å². The van der Waals surface area contributed by atoms with Crippen LogP contribution >= 0.6 is 0 Å². The summed E-state index contributed by atoms with van der Waals surface area (Å²) in [5.41, 5.74) is 8.30. The highest BCUT2D eigenvalue weighted by Gasteiger charge is 2.09. The Bertz CT molecular complexity index is 303. The van der Waals surface area contributed by atoms with Crippen LogP contribution in [0.5, 0.6) is 0 Å². The molecule has 2 atom stereocenters. The van der Waals surface area contributed by atoms with Crippen molar-refractivity contribution >= 4 is 5.69 Å². The molecule has 0 aliphatic carbocycles. The minimum absolute atomic E-state index is 0.118. The Morgan fingerprint density at radius 3 is 2.19 bits per heavy atom. The first-order valence-corrected chi connectivity index (χ1v) is 6.14. The van der Waals surface area contributed by atoms with E-state index in [1.165, 1.54) is 24.1 Å². The molecule has 1 aromatic rings. The Kier molecular flexibility index (Phi) is 4.81. The van der Waals surface area contributed by atoms with E-state index in [2.05, 4.69) is 50.1 Å². The minimum Gasteiger partial charge on any atom is -0.372 e. The van der Waals surface area contributed by atoms with Crippen LogP contribution in [0.4, 0.5) is 5.69 Å². The van der Waals surface area contributed by atoms with E-state index >= 15 is 0 Å². The van der Waals surface area contributed by atoms with Gasteiger partial charge in [0.05, 0.1) is 0 Å². The Hall–Kier alpha value is -1.02. The molecule has 0 bridgehead atoms. The topological polar surface area (TPSA) is 29.3 Å². The van der Waals surface area contributed by atoms with Crippen LogP contribution in [-0.4, -0.2) is 13.1 Å². The largest absolute Gasteiger partial charge is 0.372 e. The van der Waals surface area contributed by atoms with Crippen molar-refractivity contribution in [3.8, 4) is 0 Å². The molecule has 0 aliphatic rings. The summed E-state index contributed by atoms with van der Waals surface area (Å²) >= 11 is 0. The van der Waals surface area contributed by atoms with Gasteiger partial charge in [-0.25, -0.2) is 0 Å². The van der Waals surface area contributed by atoms with Gasteiger partial charge in [0.1, 0.15) is 0 Å². The van der Waals surface area contributed by atoms with Crippen LogP contribution in [0.3, 0.4) is 0 Å². The quantitative estimate of drug-likeness (QED) is 0.824. The van der Waals surface area contributed by atoms with Crippen LogP contribution < -0.4 is 10.6 Å². The van der Waals surface area contributed by atoms with Crippen LogP contribution in [-0.2, 0) is 0 Å². The lowest BCUT2D eigenvalue weighted by Gasteiger charge is -2.27. The maximum Gasteiger partial charge on any atom is 0.0366 e. The van der Waals surface area contributed by atoms with Crippen LogP contribution in [0.1, 0.15) is 45.2 Å². The molecule has 2 unspecified atom stereocenters. The third-order valence-corrected chi connectivity index (χ3v) is 3.19. The first kappa shape index (κ1) is 13.0. The average Bonchev–Trinajstić information content (AvgIpc) is 2.28. The Balaban J connectivity index is 2.73. The van der Waals surface area contributed by atoms with Gasteiger partial charge in [0.2, 0.25) is 0 Å². The molecule has 2 nitrogen and oxygen atoms in total. The Morgan fingerprint density at radius 1 is 1.19 bits per heavy atom. The molecule has 0 aromatic heterocycles. The van der Waals surface area contributed by atoms with Crippen molar-refractivity contribution in [3.63, 3.8) is 0 Å². The lowest BCUT2D eigenvalue weighted by atomic mass is 10.1. The maximum absolute atomic E-state index is 5.83. The number of benzene rings is 1. The first-order valence-electron chi connectivity index (χ1n) is 6.14. The molecule has 2 N–H and O–H groups in total. The lowest BCUT2D eigenvalue weighted by Crippen LogP contribution is -2.28. The molecular weight excluding hydrogens is 196 g/mol. The summed E-state index contributed by atoms with van der Waals surface area (Å²) in [7, 11) is 2.15. The van der Waals surface area contributed by atoms with E-state index in [4.69, 9.17) is 5.73 Å². The minimum atomic E-state index is 0.118.